The smallest absolute Gasteiger partial charge is 0.112 e. The summed E-state index contributed by atoms with van der Waals surface area (Å²) < 4.78 is 0. The first kappa shape index (κ1) is 15.7. The van der Waals surface area contributed by atoms with Crippen LogP contribution in [0.3, 0.4) is 0 Å². The molecule has 0 aliphatic carbocycles. The lowest BCUT2D eigenvalue weighted by molar-refractivity contribution is -0.537. The summed E-state index contributed by atoms with van der Waals surface area (Å²) in [5.74, 6) is 0.406. The van der Waals surface area contributed by atoms with Crippen molar-refractivity contribution < 1.29 is 30.5 Å². The molecule has 2 atom stereocenters. The van der Waals surface area contributed by atoms with Crippen molar-refractivity contribution in [2.75, 3.05) is 0 Å². The van der Waals surface area contributed by atoms with Crippen LogP contribution in [0.2, 0.25) is 0 Å². The van der Waals surface area contributed by atoms with Crippen molar-refractivity contribution in [2.45, 2.75) is 45.8 Å². The molecule has 0 heterocycles. The van der Waals surface area contributed by atoms with E-state index in [2.05, 4.69) is 9.68 Å². The Balaban J connectivity index is 4.17. The van der Waals surface area contributed by atoms with Crippen molar-refractivity contribution in [3.05, 3.63) is 0 Å². The van der Waals surface area contributed by atoms with Gasteiger partial charge in [-0.2, -0.15) is 0 Å². The molecule has 0 radical (unpaired) electrons. The third-order valence-corrected chi connectivity index (χ3v) is 2.04. The average Bonchev–Trinajstić information content (AvgIpc) is 2.09. The Kier molecular flexibility index (Phi) is 7.72. The highest BCUT2D eigenvalue weighted by Gasteiger charge is 2.23. The Morgan fingerprint density at radius 1 is 0.875 bits per heavy atom. The van der Waals surface area contributed by atoms with Crippen molar-refractivity contribution >= 4 is 0 Å². The van der Waals surface area contributed by atoms with Gasteiger partial charge in [0.1, 0.15) is 12.2 Å². The van der Waals surface area contributed by atoms with E-state index in [1.807, 2.05) is 13.8 Å². The molecule has 0 amide bonds. The first-order valence-electron chi connectivity index (χ1n) is 5.02. The van der Waals surface area contributed by atoms with Crippen LogP contribution in [0, 0.1) is 5.92 Å². The fourth-order valence-electron chi connectivity index (χ4n) is 1.21. The van der Waals surface area contributed by atoms with Gasteiger partial charge in [-0.15, -0.1) is 0 Å². The van der Waals surface area contributed by atoms with E-state index in [4.69, 9.17) is 20.8 Å². The highest BCUT2D eigenvalue weighted by atomic mass is 17.1. The zero-order chi connectivity index (χ0) is 12.7. The summed E-state index contributed by atoms with van der Waals surface area (Å²) in [7, 11) is 0. The molecule has 0 saturated heterocycles. The van der Waals surface area contributed by atoms with Gasteiger partial charge in [-0.3, -0.25) is 20.8 Å². The first-order valence-corrected chi connectivity index (χ1v) is 5.02. The van der Waals surface area contributed by atoms with Gasteiger partial charge in [-0.25, -0.2) is 9.68 Å². The molecule has 8 nitrogen and oxygen atoms in total. The summed E-state index contributed by atoms with van der Waals surface area (Å²) in [6, 6.07) is 0. The van der Waals surface area contributed by atoms with Gasteiger partial charge in [0.2, 0.25) is 0 Å². The van der Waals surface area contributed by atoms with Gasteiger partial charge >= 0.3 is 0 Å². The molecular weight excluding hydrogens is 220 g/mol. The molecule has 0 bridgehead atoms. The lowest BCUT2D eigenvalue weighted by Gasteiger charge is -2.25. The highest BCUT2D eigenvalue weighted by Crippen LogP contribution is 2.15. The van der Waals surface area contributed by atoms with Crippen LogP contribution >= 0.6 is 0 Å². The summed E-state index contributed by atoms with van der Waals surface area (Å²) >= 11 is 0. The maximum Gasteiger partial charge on any atom is 0.112 e. The summed E-state index contributed by atoms with van der Waals surface area (Å²) in [5, 5.41) is 33.2. The van der Waals surface area contributed by atoms with Crippen LogP contribution in [0.4, 0.5) is 0 Å². The molecule has 0 aromatic rings. The van der Waals surface area contributed by atoms with E-state index in [1.165, 1.54) is 6.92 Å². The zero-order valence-electron chi connectivity index (χ0n) is 9.65. The molecule has 8 heteroatoms. The molecular formula is C8H20N2O6. The van der Waals surface area contributed by atoms with Crippen LogP contribution in [-0.2, 0) is 9.68 Å². The van der Waals surface area contributed by atoms with E-state index < -0.39 is 23.0 Å². The molecule has 2 unspecified atom stereocenters. The molecule has 0 aliphatic rings. The monoisotopic (exact) mass is 240 g/mol. The normalized spacial score (nSPS) is 16.1. The molecule has 0 rings (SSSR count). The molecule has 16 heavy (non-hydrogen) atoms. The van der Waals surface area contributed by atoms with Crippen LogP contribution in [0.5, 0.6) is 0 Å². The number of hydrogen-bond acceptors (Lipinski definition) is 8. The van der Waals surface area contributed by atoms with Crippen molar-refractivity contribution in [2.24, 2.45) is 5.92 Å². The van der Waals surface area contributed by atoms with E-state index in [0.29, 0.717) is 12.3 Å². The fourth-order valence-corrected chi connectivity index (χ4v) is 1.21. The van der Waals surface area contributed by atoms with Gasteiger partial charge in [0.25, 0.3) is 0 Å². The molecule has 0 spiro atoms. The molecule has 0 saturated carbocycles. The van der Waals surface area contributed by atoms with E-state index in [-0.39, 0.29) is 0 Å². The minimum atomic E-state index is -0.754. The minimum absolute atomic E-state index is 0.406. The summed E-state index contributed by atoms with van der Waals surface area (Å²) in [6.45, 7) is 5.51. The predicted octanol–water partition coefficient (Wildman–Crippen LogP) is 1.20. The minimum Gasteiger partial charge on any atom is -0.266 e. The summed E-state index contributed by atoms with van der Waals surface area (Å²) in [5.41, 5.74) is 0. The Morgan fingerprint density at radius 2 is 1.38 bits per heavy atom. The van der Waals surface area contributed by atoms with Gasteiger partial charge in [0, 0.05) is 0 Å². The largest absolute Gasteiger partial charge is 0.266 e. The quantitative estimate of drug-likeness (QED) is 0.469. The second kappa shape index (κ2) is 7.87. The lowest BCUT2D eigenvalue weighted by Crippen LogP contribution is -2.37. The van der Waals surface area contributed by atoms with Gasteiger partial charge < -0.3 is 0 Å². The van der Waals surface area contributed by atoms with E-state index in [1.54, 1.807) is 0 Å². The average molecular weight is 240 g/mol. The van der Waals surface area contributed by atoms with E-state index >= 15 is 0 Å². The highest BCUT2D eigenvalue weighted by molar-refractivity contribution is 4.65. The molecule has 98 valence electrons. The zero-order valence-corrected chi connectivity index (χ0v) is 9.65. The Labute approximate surface area is 93.9 Å². The van der Waals surface area contributed by atoms with Crippen LogP contribution in [0.25, 0.3) is 0 Å². The number of hydrogen-bond donors (Lipinski definition) is 4. The van der Waals surface area contributed by atoms with Crippen molar-refractivity contribution in [1.82, 2.24) is 10.8 Å². The Morgan fingerprint density at radius 3 is 1.75 bits per heavy atom. The van der Waals surface area contributed by atoms with Crippen molar-refractivity contribution in [3.8, 4) is 0 Å². The third-order valence-electron chi connectivity index (χ3n) is 2.04. The van der Waals surface area contributed by atoms with Gasteiger partial charge in [0.05, 0.1) is 10.8 Å². The summed E-state index contributed by atoms with van der Waals surface area (Å²) in [4.78, 5) is 9.15. The second-order valence-electron chi connectivity index (χ2n) is 3.93. The maximum absolute atomic E-state index is 8.54. The maximum atomic E-state index is 8.54. The van der Waals surface area contributed by atoms with Crippen LogP contribution in [0.15, 0.2) is 0 Å². The van der Waals surface area contributed by atoms with Gasteiger partial charge in [-0.1, -0.05) is 13.8 Å². The third kappa shape index (κ3) is 7.91. The lowest BCUT2D eigenvalue weighted by atomic mass is 10.0. The Bertz CT molecular complexity index is 178. The molecule has 0 fully saturated rings. The van der Waals surface area contributed by atoms with Crippen molar-refractivity contribution in [1.29, 1.82) is 0 Å². The van der Waals surface area contributed by atoms with Gasteiger partial charge in [-0.05, 0) is 25.7 Å². The molecule has 0 aliphatic heterocycles. The fraction of sp³-hybridized carbons (Fsp3) is 1.00. The van der Waals surface area contributed by atoms with Crippen molar-refractivity contribution in [3.63, 3.8) is 0 Å². The SMILES string of the molecule is CC(C)CCC(ON(O)O)C(C)ON(O)O. The standard InChI is InChI=1S/C8H20N2O6/c1-6(2)4-5-8(16-10(13)14)7(3)15-9(11)12/h6-8,11-14H,4-5H2,1-3H3. The van der Waals surface area contributed by atoms with E-state index in [9.17, 15) is 0 Å². The van der Waals surface area contributed by atoms with E-state index in [0.717, 1.165) is 6.42 Å². The summed E-state index contributed by atoms with van der Waals surface area (Å²) in [6.07, 6.45) is -0.220. The van der Waals surface area contributed by atoms with Gasteiger partial charge in [0.15, 0.2) is 0 Å². The topological polar surface area (TPSA) is 106 Å². The van der Waals surface area contributed by atoms with Crippen LogP contribution < -0.4 is 0 Å². The second-order valence-corrected chi connectivity index (χ2v) is 3.93. The predicted molar refractivity (Wildman–Crippen MR) is 50.3 cm³/mol. The molecule has 4 N–H and O–H groups in total. The first-order chi connectivity index (χ1) is 7.32. The number of rotatable bonds is 8. The van der Waals surface area contributed by atoms with Crippen LogP contribution in [0.1, 0.15) is 33.6 Å². The van der Waals surface area contributed by atoms with Crippen LogP contribution in [-0.4, -0.2) is 43.8 Å². The molecule has 0 aromatic heterocycles. The molecule has 0 aromatic carbocycles. The Hall–Kier alpha value is -0.320. The number of nitrogens with zero attached hydrogens (tertiary/aromatic N) is 2.